The van der Waals surface area contributed by atoms with Crippen LogP contribution in [0.1, 0.15) is 40.7 Å². The highest BCUT2D eigenvalue weighted by atomic mass is 16.1. The lowest BCUT2D eigenvalue weighted by atomic mass is 10.0. The number of aromatic nitrogens is 2. The van der Waals surface area contributed by atoms with E-state index in [1.54, 1.807) is 11.7 Å². The molecule has 0 spiro atoms. The van der Waals surface area contributed by atoms with Crippen LogP contribution in [0, 0.1) is 6.92 Å². The Bertz CT molecular complexity index is 552. The van der Waals surface area contributed by atoms with Gasteiger partial charge in [-0.25, -0.2) is 0 Å². The van der Waals surface area contributed by atoms with E-state index in [1.165, 1.54) is 5.56 Å². The third kappa shape index (κ3) is 2.50. The molecule has 0 amide bonds. The van der Waals surface area contributed by atoms with Gasteiger partial charge in [0.05, 0.1) is 5.69 Å². The predicted octanol–water partition coefficient (Wildman–Crippen LogP) is 2.91. The van der Waals surface area contributed by atoms with Crippen molar-refractivity contribution in [3.05, 3.63) is 52.8 Å². The average Bonchev–Trinajstić information content (AvgIpc) is 2.69. The van der Waals surface area contributed by atoms with Crippen LogP contribution in [0.15, 0.2) is 30.3 Å². The monoisotopic (exact) mass is 242 g/mol. The van der Waals surface area contributed by atoms with Crippen molar-refractivity contribution in [1.29, 1.82) is 0 Å². The maximum Gasteiger partial charge on any atom is 0.211 e. The molecule has 3 nitrogen and oxygen atoms in total. The van der Waals surface area contributed by atoms with Crippen LogP contribution in [0.2, 0.25) is 0 Å². The van der Waals surface area contributed by atoms with Gasteiger partial charge in [0.15, 0.2) is 0 Å². The largest absolute Gasteiger partial charge is 0.287 e. The van der Waals surface area contributed by atoms with E-state index in [4.69, 9.17) is 0 Å². The van der Waals surface area contributed by atoms with E-state index in [0.717, 1.165) is 24.1 Å². The van der Waals surface area contributed by atoms with Gasteiger partial charge in [0.1, 0.15) is 5.69 Å². The Hall–Kier alpha value is -1.90. The van der Waals surface area contributed by atoms with Gasteiger partial charge in [-0.05, 0) is 25.0 Å². The molecule has 0 aliphatic heterocycles. The van der Waals surface area contributed by atoms with Gasteiger partial charge in [-0.2, -0.15) is 5.10 Å². The van der Waals surface area contributed by atoms with Crippen LogP contribution in [-0.2, 0) is 13.5 Å². The van der Waals surface area contributed by atoms with Crippen LogP contribution in [0.25, 0.3) is 0 Å². The summed E-state index contributed by atoms with van der Waals surface area (Å²) >= 11 is 0. The van der Waals surface area contributed by atoms with Crippen molar-refractivity contribution in [2.24, 2.45) is 7.05 Å². The van der Waals surface area contributed by atoms with E-state index in [9.17, 15) is 4.79 Å². The Morgan fingerprint density at radius 3 is 2.44 bits per heavy atom. The summed E-state index contributed by atoms with van der Waals surface area (Å²) in [5.74, 6) is 0.0288. The molecule has 3 heteroatoms. The van der Waals surface area contributed by atoms with E-state index in [2.05, 4.69) is 12.0 Å². The van der Waals surface area contributed by atoms with Gasteiger partial charge < -0.3 is 0 Å². The van der Waals surface area contributed by atoms with Gasteiger partial charge in [-0.15, -0.1) is 0 Å². The highest BCUT2D eigenvalue weighted by molar-refractivity contribution is 6.07. The predicted molar refractivity (Wildman–Crippen MR) is 71.8 cm³/mol. The molecule has 1 aromatic heterocycles. The highest BCUT2D eigenvalue weighted by Gasteiger charge is 2.13. The fourth-order valence-electron chi connectivity index (χ4n) is 2.08. The third-order valence-electron chi connectivity index (χ3n) is 2.99. The first-order valence-corrected chi connectivity index (χ1v) is 6.26. The molecule has 2 aromatic rings. The molecule has 0 aliphatic rings. The summed E-state index contributed by atoms with van der Waals surface area (Å²) < 4.78 is 1.64. The summed E-state index contributed by atoms with van der Waals surface area (Å²) in [4.78, 5) is 12.3. The molecule has 1 heterocycles. The molecular formula is C15H18N2O. The first-order valence-electron chi connectivity index (χ1n) is 6.26. The van der Waals surface area contributed by atoms with Gasteiger partial charge in [0, 0.05) is 12.6 Å². The zero-order valence-corrected chi connectivity index (χ0v) is 11.1. The quantitative estimate of drug-likeness (QED) is 0.773. The zero-order valence-electron chi connectivity index (χ0n) is 11.1. The smallest absolute Gasteiger partial charge is 0.211 e. The van der Waals surface area contributed by atoms with Crippen molar-refractivity contribution in [2.75, 3.05) is 0 Å². The number of carbonyl (C=O) groups excluding carboxylic acids is 1. The standard InChI is InChI=1S/C15H18N2O/c1-4-5-12-6-8-13(9-7-12)15(18)14-10-11(2)16-17(14)3/h6-10H,4-5H2,1-3H3. The van der Waals surface area contributed by atoms with Crippen molar-refractivity contribution in [1.82, 2.24) is 9.78 Å². The van der Waals surface area contributed by atoms with E-state index in [-0.39, 0.29) is 5.78 Å². The second-order valence-corrected chi connectivity index (χ2v) is 4.57. The van der Waals surface area contributed by atoms with Crippen LogP contribution in [0.4, 0.5) is 0 Å². The third-order valence-corrected chi connectivity index (χ3v) is 2.99. The van der Waals surface area contributed by atoms with Crippen molar-refractivity contribution < 1.29 is 4.79 Å². The lowest BCUT2D eigenvalue weighted by Crippen LogP contribution is -2.08. The van der Waals surface area contributed by atoms with Crippen molar-refractivity contribution in [2.45, 2.75) is 26.7 Å². The Balaban J connectivity index is 2.26. The summed E-state index contributed by atoms with van der Waals surface area (Å²) in [6.45, 7) is 4.04. The number of benzene rings is 1. The maximum absolute atomic E-state index is 12.3. The zero-order chi connectivity index (χ0) is 13.1. The van der Waals surface area contributed by atoms with Crippen LogP contribution in [0.5, 0.6) is 0 Å². The maximum atomic E-state index is 12.3. The topological polar surface area (TPSA) is 34.9 Å². The number of ketones is 1. The van der Waals surface area contributed by atoms with Gasteiger partial charge in [0.25, 0.3) is 0 Å². The fourth-order valence-corrected chi connectivity index (χ4v) is 2.08. The summed E-state index contributed by atoms with van der Waals surface area (Å²) in [5, 5.41) is 4.20. The minimum absolute atomic E-state index is 0.0288. The van der Waals surface area contributed by atoms with E-state index in [0.29, 0.717) is 5.69 Å². The van der Waals surface area contributed by atoms with Crippen LogP contribution in [-0.4, -0.2) is 15.6 Å². The molecule has 0 radical (unpaired) electrons. The summed E-state index contributed by atoms with van der Waals surface area (Å²) in [5.41, 5.74) is 3.49. The second kappa shape index (κ2) is 5.17. The number of aryl methyl sites for hydroxylation is 3. The molecule has 0 atom stereocenters. The Kier molecular flexibility index (Phi) is 3.60. The van der Waals surface area contributed by atoms with Crippen molar-refractivity contribution in [3.8, 4) is 0 Å². The molecule has 0 unspecified atom stereocenters. The number of rotatable bonds is 4. The van der Waals surface area contributed by atoms with Crippen molar-refractivity contribution >= 4 is 5.78 Å². The SMILES string of the molecule is CCCc1ccc(C(=O)c2cc(C)nn2C)cc1. The van der Waals surface area contributed by atoms with Crippen LogP contribution >= 0.6 is 0 Å². The molecule has 0 fully saturated rings. The molecule has 0 aliphatic carbocycles. The van der Waals surface area contributed by atoms with Crippen molar-refractivity contribution in [3.63, 3.8) is 0 Å². The molecule has 0 saturated carbocycles. The minimum Gasteiger partial charge on any atom is -0.287 e. The number of hydrogen-bond acceptors (Lipinski definition) is 2. The van der Waals surface area contributed by atoms with Crippen LogP contribution in [0.3, 0.4) is 0 Å². The molecular weight excluding hydrogens is 224 g/mol. The first kappa shape index (κ1) is 12.6. The molecule has 0 saturated heterocycles. The molecule has 2 rings (SSSR count). The van der Waals surface area contributed by atoms with Crippen LogP contribution < -0.4 is 0 Å². The summed E-state index contributed by atoms with van der Waals surface area (Å²) in [7, 11) is 1.80. The van der Waals surface area contributed by atoms with Gasteiger partial charge in [0.2, 0.25) is 5.78 Å². The minimum atomic E-state index is 0.0288. The van der Waals surface area contributed by atoms with E-state index < -0.39 is 0 Å². The molecule has 18 heavy (non-hydrogen) atoms. The Morgan fingerprint density at radius 2 is 1.94 bits per heavy atom. The molecule has 0 N–H and O–H groups in total. The molecule has 94 valence electrons. The van der Waals surface area contributed by atoms with E-state index >= 15 is 0 Å². The Labute approximate surface area is 107 Å². The Morgan fingerprint density at radius 1 is 1.28 bits per heavy atom. The fraction of sp³-hybridized carbons (Fsp3) is 0.333. The highest BCUT2D eigenvalue weighted by Crippen LogP contribution is 2.12. The molecule has 0 bridgehead atoms. The van der Waals surface area contributed by atoms with Gasteiger partial charge >= 0.3 is 0 Å². The lowest BCUT2D eigenvalue weighted by Gasteiger charge is -2.03. The first-order chi connectivity index (χ1) is 8.61. The normalized spacial score (nSPS) is 10.6. The summed E-state index contributed by atoms with van der Waals surface area (Å²) in [6, 6.07) is 9.67. The number of hydrogen-bond donors (Lipinski definition) is 0. The lowest BCUT2D eigenvalue weighted by molar-refractivity contribution is 0.103. The van der Waals surface area contributed by atoms with Gasteiger partial charge in [-0.1, -0.05) is 37.6 Å². The number of carbonyl (C=O) groups is 1. The van der Waals surface area contributed by atoms with Gasteiger partial charge in [-0.3, -0.25) is 9.48 Å². The average molecular weight is 242 g/mol. The molecule has 1 aromatic carbocycles. The second-order valence-electron chi connectivity index (χ2n) is 4.57. The van der Waals surface area contributed by atoms with E-state index in [1.807, 2.05) is 37.3 Å². The summed E-state index contributed by atoms with van der Waals surface area (Å²) in [6.07, 6.45) is 2.17. The number of nitrogens with zero attached hydrogens (tertiary/aromatic N) is 2.